The fourth-order valence-electron chi connectivity index (χ4n) is 1.89. The average Bonchev–Trinajstić information content (AvgIpc) is 2.99. The Kier molecular flexibility index (Phi) is 4.87. The Morgan fingerprint density at radius 3 is 2.43 bits per heavy atom. The molecule has 3 aromatic rings. The van der Waals surface area contributed by atoms with Crippen molar-refractivity contribution in [3.63, 3.8) is 0 Å². The number of anilines is 1. The van der Waals surface area contributed by atoms with Crippen LogP contribution in [0.5, 0.6) is 0 Å². The van der Waals surface area contributed by atoms with Crippen molar-refractivity contribution in [2.45, 2.75) is 0 Å². The number of benzene rings is 2. The Hall–Kier alpha value is -1.59. The monoisotopic (exact) mass is 382 g/mol. The molecular formula is C16H9Cl3N2OS. The number of amides is 1. The molecule has 0 aliphatic carbocycles. The molecule has 1 N–H and O–H groups in total. The summed E-state index contributed by atoms with van der Waals surface area (Å²) in [6.07, 6.45) is 0. The van der Waals surface area contributed by atoms with E-state index < -0.39 is 0 Å². The van der Waals surface area contributed by atoms with Crippen molar-refractivity contribution in [2.75, 3.05) is 5.32 Å². The summed E-state index contributed by atoms with van der Waals surface area (Å²) in [4.78, 5) is 16.6. The normalized spacial score (nSPS) is 10.6. The molecule has 1 amide bonds. The van der Waals surface area contributed by atoms with Gasteiger partial charge in [0.05, 0.1) is 15.7 Å². The van der Waals surface area contributed by atoms with Crippen LogP contribution in [0.3, 0.4) is 0 Å². The van der Waals surface area contributed by atoms with Crippen LogP contribution in [0, 0.1) is 0 Å². The SMILES string of the molecule is O=C(Nc1nc(-c2ccc(Cl)cc2)cs1)c1ccc(Cl)c(Cl)c1. The van der Waals surface area contributed by atoms with Crippen molar-refractivity contribution in [2.24, 2.45) is 0 Å². The second-order valence-electron chi connectivity index (χ2n) is 4.63. The molecule has 1 heterocycles. The molecule has 0 radical (unpaired) electrons. The molecule has 3 nitrogen and oxygen atoms in total. The van der Waals surface area contributed by atoms with Crippen molar-refractivity contribution in [1.29, 1.82) is 0 Å². The molecule has 0 aliphatic heterocycles. The number of halogens is 3. The van der Waals surface area contributed by atoms with Gasteiger partial charge in [-0.1, -0.05) is 46.9 Å². The number of hydrogen-bond acceptors (Lipinski definition) is 3. The molecule has 3 rings (SSSR count). The molecule has 0 atom stereocenters. The minimum atomic E-state index is -0.291. The molecular weight excluding hydrogens is 375 g/mol. The molecule has 116 valence electrons. The molecule has 0 bridgehead atoms. The first kappa shape index (κ1) is 16.3. The fraction of sp³-hybridized carbons (Fsp3) is 0. The lowest BCUT2D eigenvalue weighted by atomic mass is 10.2. The van der Waals surface area contributed by atoms with Crippen LogP contribution in [0.2, 0.25) is 15.1 Å². The van der Waals surface area contributed by atoms with Crippen LogP contribution < -0.4 is 5.32 Å². The number of hydrogen-bond donors (Lipinski definition) is 1. The van der Waals surface area contributed by atoms with Crippen molar-refractivity contribution in [1.82, 2.24) is 4.98 Å². The van der Waals surface area contributed by atoms with Gasteiger partial charge < -0.3 is 0 Å². The lowest BCUT2D eigenvalue weighted by Crippen LogP contribution is -2.11. The summed E-state index contributed by atoms with van der Waals surface area (Å²) in [6, 6.07) is 12.1. The lowest BCUT2D eigenvalue weighted by Gasteiger charge is -2.03. The van der Waals surface area contributed by atoms with Gasteiger partial charge in [-0.15, -0.1) is 11.3 Å². The molecule has 7 heteroatoms. The zero-order valence-corrected chi connectivity index (χ0v) is 14.6. The van der Waals surface area contributed by atoms with Crippen LogP contribution in [0.1, 0.15) is 10.4 Å². The predicted octanol–water partition coefficient (Wildman–Crippen LogP) is 6.02. The molecule has 0 aliphatic rings. The minimum absolute atomic E-state index is 0.291. The Bertz CT molecular complexity index is 862. The molecule has 2 aromatic carbocycles. The van der Waals surface area contributed by atoms with E-state index in [0.29, 0.717) is 25.8 Å². The highest BCUT2D eigenvalue weighted by molar-refractivity contribution is 7.14. The van der Waals surface area contributed by atoms with E-state index in [9.17, 15) is 4.79 Å². The fourth-order valence-corrected chi connectivity index (χ4v) is 3.03. The maximum Gasteiger partial charge on any atom is 0.257 e. The second-order valence-corrected chi connectivity index (χ2v) is 6.74. The van der Waals surface area contributed by atoms with Gasteiger partial charge in [-0.2, -0.15) is 0 Å². The van der Waals surface area contributed by atoms with Crippen LogP contribution in [-0.2, 0) is 0 Å². The van der Waals surface area contributed by atoms with Crippen LogP contribution in [0.25, 0.3) is 11.3 Å². The van der Waals surface area contributed by atoms with E-state index in [1.165, 1.54) is 17.4 Å². The highest BCUT2D eigenvalue weighted by Crippen LogP contribution is 2.27. The summed E-state index contributed by atoms with van der Waals surface area (Å²) in [5, 5.41) is 6.52. The highest BCUT2D eigenvalue weighted by Gasteiger charge is 2.11. The van der Waals surface area contributed by atoms with Gasteiger partial charge in [0.15, 0.2) is 5.13 Å². The number of thiazole rings is 1. The Morgan fingerprint density at radius 2 is 1.74 bits per heavy atom. The third-order valence-electron chi connectivity index (χ3n) is 3.05. The van der Waals surface area contributed by atoms with Gasteiger partial charge in [-0.3, -0.25) is 10.1 Å². The summed E-state index contributed by atoms with van der Waals surface area (Å²) < 4.78 is 0. The predicted molar refractivity (Wildman–Crippen MR) is 97.0 cm³/mol. The van der Waals surface area contributed by atoms with Gasteiger partial charge in [0.25, 0.3) is 5.91 Å². The molecule has 0 spiro atoms. The van der Waals surface area contributed by atoms with Crippen molar-refractivity contribution < 1.29 is 4.79 Å². The number of aromatic nitrogens is 1. The van der Waals surface area contributed by atoms with E-state index in [2.05, 4.69) is 10.3 Å². The average molecular weight is 384 g/mol. The van der Waals surface area contributed by atoms with Gasteiger partial charge in [-0.25, -0.2) is 4.98 Å². The standard InChI is InChI=1S/C16H9Cl3N2OS/c17-11-4-1-9(2-5-11)14-8-23-16(20-14)21-15(22)10-3-6-12(18)13(19)7-10/h1-8H,(H,20,21,22). The minimum Gasteiger partial charge on any atom is -0.298 e. The largest absolute Gasteiger partial charge is 0.298 e. The van der Waals surface area contributed by atoms with Crippen molar-refractivity contribution >= 4 is 57.2 Å². The van der Waals surface area contributed by atoms with Crippen molar-refractivity contribution in [3.05, 3.63) is 68.5 Å². The van der Waals surface area contributed by atoms with Gasteiger partial charge in [0.2, 0.25) is 0 Å². The van der Waals surface area contributed by atoms with E-state index in [0.717, 1.165) is 11.3 Å². The lowest BCUT2D eigenvalue weighted by molar-refractivity contribution is 0.102. The van der Waals surface area contributed by atoms with E-state index in [-0.39, 0.29) is 5.91 Å². The zero-order chi connectivity index (χ0) is 16.4. The van der Waals surface area contributed by atoms with Crippen LogP contribution >= 0.6 is 46.1 Å². The Labute approximate surface area is 151 Å². The number of rotatable bonds is 3. The third-order valence-corrected chi connectivity index (χ3v) is 4.80. The van der Waals surface area contributed by atoms with Crippen LogP contribution in [0.4, 0.5) is 5.13 Å². The second kappa shape index (κ2) is 6.89. The van der Waals surface area contributed by atoms with Crippen LogP contribution in [-0.4, -0.2) is 10.9 Å². The molecule has 0 fully saturated rings. The first-order valence-corrected chi connectivity index (χ1v) is 8.52. The van der Waals surface area contributed by atoms with Gasteiger partial charge >= 0.3 is 0 Å². The third kappa shape index (κ3) is 3.85. The molecule has 23 heavy (non-hydrogen) atoms. The van der Waals surface area contributed by atoms with Crippen LogP contribution in [0.15, 0.2) is 47.8 Å². The molecule has 0 unspecified atom stereocenters. The first-order valence-electron chi connectivity index (χ1n) is 6.51. The van der Waals surface area contributed by atoms with Gasteiger partial charge in [-0.05, 0) is 30.3 Å². The number of carbonyl (C=O) groups excluding carboxylic acids is 1. The summed E-state index contributed by atoms with van der Waals surface area (Å²) in [5.74, 6) is -0.291. The summed E-state index contributed by atoms with van der Waals surface area (Å²) in [6.45, 7) is 0. The van der Waals surface area contributed by atoms with E-state index in [1.54, 1.807) is 24.3 Å². The highest BCUT2D eigenvalue weighted by atomic mass is 35.5. The molecule has 0 saturated carbocycles. The summed E-state index contributed by atoms with van der Waals surface area (Å²) in [7, 11) is 0. The smallest absolute Gasteiger partial charge is 0.257 e. The number of carbonyl (C=O) groups is 1. The Morgan fingerprint density at radius 1 is 1.00 bits per heavy atom. The summed E-state index contributed by atoms with van der Waals surface area (Å²) >= 11 is 19.0. The first-order chi connectivity index (χ1) is 11.0. The molecule has 0 saturated heterocycles. The quantitative estimate of drug-likeness (QED) is 0.600. The topological polar surface area (TPSA) is 42.0 Å². The Balaban J connectivity index is 1.77. The van der Waals surface area contributed by atoms with Gasteiger partial charge in [0, 0.05) is 21.5 Å². The number of nitrogens with one attached hydrogen (secondary N) is 1. The van der Waals surface area contributed by atoms with Gasteiger partial charge in [0.1, 0.15) is 0 Å². The number of nitrogens with zero attached hydrogens (tertiary/aromatic N) is 1. The maximum absolute atomic E-state index is 12.2. The van der Waals surface area contributed by atoms with E-state index >= 15 is 0 Å². The van der Waals surface area contributed by atoms with Crippen molar-refractivity contribution in [3.8, 4) is 11.3 Å². The summed E-state index contributed by atoms with van der Waals surface area (Å²) in [5.41, 5.74) is 2.12. The zero-order valence-electron chi connectivity index (χ0n) is 11.5. The van der Waals surface area contributed by atoms with E-state index in [1.807, 2.05) is 17.5 Å². The maximum atomic E-state index is 12.2. The molecule has 1 aromatic heterocycles. The van der Waals surface area contributed by atoms with E-state index in [4.69, 9.17) is 34.8 Å².